The molecule has 0 aromatic carbocycles. The largest absolute Gasteiger partial charge is 1.00 e. The molecule has 0 rings (SSSR count). The van der Waals surface area contributed by atoms with Crippen LogP contribution in [0, 0.1) is 15.3 Å². The molecule has 0 aromatic heterocycles. The van der Waals surface area contributed by atoms with E-state index in [9.17, 15) is 0 Å². The monoisotopic (exact) mass is 141 g/mol. The van der Waals surface area contributed by atoms with Gasteiger partial charge in [-0.1, -0.05) is 0 Å². The second kappa shape index (κ2) is 3.68. The van der Waals surface area contributed by atoms with Crippen molar-refractivity contribution < 1.29 is 22.1 Å². The number of hydrogen-bond donors (Lipinski definition) is 0. The van der Waals surface area contributed by atoms with Crippen LogP contribution >= 0.6 is 0 Å². The van der Waals surface area contributed by atoms with Gasteiger partial charge in [-0.25, -0.2) is 0 Å². The minimum absolute atomic E-state index is 0. The van der Waals surface area contributed by atoms with Gasteiger partial charge in [-0.2, -0.15) is 0 Å². The minimum atomic E-state index is -1.75. The van der Waals surface area contributed by atoms with E-state index >= 15 is 0 Å². The zero-order valence-electron chi connectivity index (χ0n) is 2.05. The average Bonchev–Trinajstić information content (AvgIpc) is 0.811. The van der Waals surface area contributed by atoms with E-state index in [0.29, 0.717) is 0 Å². The first-order chi connectivity index (χ1) is 1.73. The fraction of sp³-hybridized carbons (Fsp3) is 0. The summed E-state index contributed by atoms with van der Waals surface area (Å²) in [6.45, 7) is 0. The highest BCUT2D eigenvalue weighted by atomic mass is 79.9. The average molecular weight is 142 g/mol. The summed E-state index contributed by atoms with van der Waals surface area (Å²) in [7, 11) is 0. The molecular weight excluding hydrogens is 142 g/mol. The third-order valence-corrected chi connectivity index (χ3v) is 0. The molecule has 0 spiro atoms. The summed E-state index contributed by atoms with van der Waals surface area (Å²) in [6.07, 6.45) is 0. The highest BCUT2D eigenvalue weighted by molar-refractivity contribution is 4.03. The fourth-order valence-corrected chi connectivity index (χ4v) is 0. The van der Waals surface area contributed by atoms with Gasteiger partial charge < -0.3 is 32.3 Å². The van der Waals surface area contributed by atoms with Gasteiger partial charge in [-0.3, -0.25) is 0 Å². The predicted octanol–water partition coefficient (Wildman–Crippen LogP) is -3.24. The molecule has 0 saturated carbocycles. The summed E-state index contributed by atoms with van der Waals surface area (Å²) >= 11 is 0. The van der Waals surface area contributed by atoms with Crippen LogP contribution in [-0.2, 0) is 0 Å². The maximum absolute atomic E-state index is 8.25. The summed E-state index contributed by atoms with van der Waals surface area (Å²) in [5, 5.41) is 14.8. The number of rotatable bonds is 0. The lowest BCUT2D eigenvalue weighted by Crippen LogP contribution is -3.00. The molecule has 0 unspecified atom stereocenters. The fourth-order valence-electron chi connectivity index (χ4n) is 0. The molecule has 0 amide bonds. The molecule has 32 valence electrons. The highest BCUT2D eigenvalue weighted by Gasteiger charge is 1.45. The van der Waals surface area contributed by atoms with Crippen molar-refractivity contribution in [1.82, 2.24) is 0 Å². The summed E-state index contributed by atoms with van der Waals surface area (Å²) in [5.74, 6) is 0. The molecule has 5 heteroatoms. The highest BCUT2D eigenvalue weighted by Crippen LogP contribution is 1.44. The van der Waals surface area contributed by atoms with Gasteiger partial charge in [0, 0.05) is 0 Å². The van der Waals surface area contributed by atoms with E-state index in [1.165, 1.54) is 0 Å². The molecule has 0 aliphatic carbocycles. The van der Waals surface area contributed by atoms with E-state index < -0.39 is 5.09 Å². The van der Waals surface area contributed by atoms with Gasteiger partial charge in [0.05, 0.1) is 5.09 Å². The maximum atomic E-state index is 8.25. The zero-order chi connectivity index (χ0) is 3.58. The molecule has 5 heavy (non-hydrogen) atoms. The standard InChI is InChI=1S/BrH.NO3/c;2-1(3)4/h1H;/q;-1/p-1. The van der Waals surface area contributed by atoms with Gasteiger partial charge in [0.1, 0.15) is 0 Å². The molecule has 4 nitrogen and oxygen atoms in total. The Hall–Kier alpha value is -0.320. The number of nitrogens with zero attached hydrogens (tertiary/aromatic N) is 1. The lowest BCUT2D eigenvalue weighted by atomic mass is 13.1. The minimum Gasteiger partial charge on any atom is -1.00 e. The third kappa shape index (κ3) is 101. The van der Waals surface area contributed by atoms with Crippen molar-refractivity contribution in [2.45, 2.75) is 0 Å². The van der Waals surface area contributed by atoms with Crippen molar-refractivity contribution in [3.63, 3.8) is 0 Å². The van der Waals surface area contributed by atoms with Crippen LogP contribution in [0.25, 0.3) is 0 Å². The Labute approximate surface area is 38.3 Å². The van der Waals surface area contributed by atoms with Crippen LogP contribution in [0.3, 0.4) is 0 Å². The van der Waals surface area contributed by atoms with Crippen LogP contribution in [0.5, 0.6) is 0 Å². The third-order valence-electron chi connectivity index (χ3n) is 0. The Kier molecular flexibility index (Phi) is 6.49. The summed E-state index contributed by atoms with van der Waals surface area (Å²) in [4.78, 5) is 8.25. The van der Waals surface area contributed by atoms with Crippen molar-refractivity contribution in [1.29, 1.82) is 0 Å². The van der Waals surface area contributed by atoms with E-state index in [1.807, 2.05) is 0 Å². The predicted molar refractivity (Wildman–Crippen MR) is 10.4 cm³/mol. The van der Waals surface area contributed by atoms with Crippen LogP contribution in [0.4, 0.5) is 0 Å². The zero-order valence-corrected chi connectivity index (χ0v) is 3.64. The van der Waals surface area contributed by atoms with E-state index in [-0.39, 0.29) is 17.0 Å². The molecule has 0 aromatic rings. The second-order valence-corrected chi connectivity index (χ2v) is 0.224. The van der Waals surface area contributed by atoms with Gasteiger partial charge in [0.25, 0.3) is 0 Å². The van der Waals surface area contributed by atoms with Crippen LogP contribution in [0.1, 0.15) is 0 Å². The van der Waals surface area contributed by atoms with Crippen molar-refractivity contribution in [2.24, 2.45) is 0 Å². The van der Waals surface area contributed by atoms with Gasteiger partial charge in [-0.15, -0.1) is 0 Å². The van der Waals surface area contributed by atoms with Gasteiger partial charge in [0.2, 0.25) is 0 Å². The molecule has 0 aliphatic heterocycles. The smallest absolute Gasteiger partial charge is 0.0689 e. The number of halogens is 1. The summed E-state index contributed by atoms with van der Waals surface area (Å²) in [5.41, 5.74) is 0. The van der Waals surface area contributed by atoms with Gasteiger partial charge in [0.15, 0.2) is 0 Å². The SMILES string of the molecule is O=[N+]([O-])[O-].[Br-]. The Balaban J connectivity index is 0. The van der Waals surface area contributed by atoms with E-state index in [1.54, 1.807) is 0 Å². The molecule has 0 bridgehead atoms. The lowest BCUT2D eigenvalue weighted by Gasteiger charge is -1.74. The molecular formula is BrNO3-2. The summed E-state index contributed by atoms with van der Waals surface area (Å²) in [6, 6.07) is 0. The molecule has 0 atom stereocenters. The molecule has 0 saturated heterocycles. The van der Waals surface area contributed by atoms with Crippen LogP contribution in [-0.4, -0.2) is 5.09 Å². The first-order valence-corrected chi connectivity index (χ1v) is 0.548. The lowest BCUT2D eigenvalue weighted by molar-refractivity contribution is -0.402. The first kappa shape index (κ1) is 8.82. The van der Waals surface area contributed by atoms with E-state index in [0.717, 1.165) is 0 Å². The molecule has 0 radical (unpaired) electrons. The topological polar surface area (TPSA) is 66.2 Å². The van der Waals surface area contributed by atoms with Crippen LogP contribution in [0.2, 0.25) is 0 Å². The maximum Gasteiger partial charge on any atom is 0.0689 e. The van der Waals surface area contributed by atoms with Gasteiger partial charge >= 0.3 is 0 Å². The van der Waals surface area contributed by atoms with E-state index in [4.69, 9.17) is 15.3 Å². The van der Waals surface area contributed by atoms with Gasteiger partial charge in [-0.05, 0) is 0 Å². The molecule has 0 N–H and O–H groups in total. The van der Waals surface area contributed by atoms with Crippen molar-refractivity contribution >= 4 is 0 Å². The molecule has 0 fully saturated rings. The second-order valence-electron chi connectivity index (χ2n) is 0.224. The summed E-state index contributed by atoms with van der Waals surface area (Å²) < 4.78 is 0. The quantitative estimate of drug-likeness (QED) is 0.263. The number of hydrogen-bond acceptors (Lipinski definition) is 3. The van der Waals surface area contributed by atoms with Crippen LogP contribution < -0.4 is 17.0 Å². The van der Waals surface area contributed by atoms with Crippen molar-refractivity contribution in [3.8, 4) is 0 Å². The first-order valence-electron chi connectivity index (χ1n) is 0.548. The van der Waals surface area contributed by atoms with Crippen molar-refractivity contribution in [3.05, 3.63) is 15.3 Å². The molecule has 0 aliphatic rings. The van der Waals surface area contributed by atoms with E-state index in [2.05, 4.69) is 0 Å². The Morgan fingerprint density at radius 1 is 1.40 bits per heavy atom. The molecule has 0 heterocycles. The Morgan fingerprint density at radius 3 is 1.40 bits per heavy atom. The van der Waals surface area contributed by atoms with Crippen LogP contribution in [0.15, 0.2) is 0 Å². The van der Waals surface area contributed by atoms with Crippen molar-refractivity contribution in [2.75, 3.05) is 0 Å². The Bertz CT molecular complexity index is 29.9. The normalized spacial score (nSPS) is 4.80. The Morgan fingerprint density at radius 2 is 1.40 bits per heavy atom.